The molecule has 0 atom stereocenters. The van der Waals surface area contributed by atoms with Gasteiger partial charge in [-0.05, 0) is 60.7 Å². The van der Waals surface area contributed by atoms with Crippen LogP contribution < -0.4 is 0 Å². The first-order chi connectivity index (χ1) is 14.3. The molecule has 4 aromatic carbocycles. The van der Waals surface area contributed by atoms with E-state index in [2.05, 4.69) is 128 Å². The van der Waals surface area contributed by atoms with Crippen molar-refractivity contribution in [1.29, 1.82) is 0 Å². The summed E-state index contributed by atoms with van der Waals surface area (Å²) in [5.74, 6) is 0. The standard InChI is InChI=1S/C26H17BrN2/c27-19-9-14-24-18(17-19)15-16-28(24)20-10-12-21(13-11-20)29-25-7-3-1-5-22(25)23-6-2-4-8-26(23)29/h1-17H. The summed E-state index contributed by atoms with van der Waals surface area (Å²) in [6.07, 6.45) is 2.13. The summed E-state index contributed by atoms with van der Waals surface area (Å²) in [6, 6.07) is 34.6. The average Bonchev–Trinajstić information content (AvgIpc) is 3.33. The number of halogens is 1. The van der Waals surface area contributed by atoms with Crippen molar-refractivity contribution in [2.75, 3.05) is 0 Å². The molecule has 0 aliphatic heterocycles. The molecule has 0 aliphatic carbocycles. The molecule has 0 amide bonds. The molecule has 2 aromatic heterocycles. The minimum atomic E-state index is 1.10. The van der Waals surface area contributed by atoms with Crippen LogP contribution in [0.1, 0.15) is 0 Å². The third-order valence-electron chi connectivity index (χ3n) is 5.62. The summed E-state index contributed by atoms with van der Waals surface area (Å²) in [5, 5.41) is 3.80. The van der Waals surface area contributed by atoms with Crippen molar-refractivity contribution in [1.82, 2.24) is 9.13 Å². The van der Waals surface area contributed by atoms with Crippen molar-refractivity contribution in [2.24, 2.45) is 0 Å². The van der Waals surface area contributed by atoms with Crippen LogP contribution in [-0.2, 0) is 0 Å². The molecule has 6 rings (SSSR count). The van der Waals surface area contributed by atoms with Gasteiger partial charge in [-0.1, -0.05) is 52.3 Å². The molecular weight excluding hydrogens is 420 g/mol. The van der Waals surface area contributed by atoms with Crippen molar-refractivity contribution < 1.29 is 0 Å². The zero-order valence-electron chi connectivity index (χ0n) is 15.6. The summed E-state index contributed by atoms with van der Waals surface area (Å²) >= 11 is 3.56. The molecule has 0 N–H and O–H groups in total. The van der Waals surface area contributed by atoms with Crippen LogP contribution in [0, 0.1) is 0 Å². The minimum Gasteiger partial charge on any atom is -0.317 e. The van der Waals surface area contributed by atoms with Crippen LogP contribution in [0.15, 0.2) is 108 Å². The zero-order chi connectivity index (χ0) is 19.4. The van der Waals surface area contributed by atoms with E-state index in [1.54, 1.807) is 0 Å². The summed E-state index contributed by atoms with van der Waals surface area (Å²) in [7, 11) is 0. The van der Waals surface area contributed by atoms with E-state index in [1.807, 2.05) is 0 Å². The Morgan fingerprint density at radius 2 is 1.17 bits per heavy atom. The van der Waals surface area contributed by atoms with Crippen molar-refractivity contribution >= 4 is 48.6 Å². The number of nitrogens with zero attached hydrogens (tertiary/aromatic N) is 2. The van der Waals surface area contributed by atoms with Gasteiger partial charge in [0.05, 0.1) is 16.6 Å². The fourth-order valence-corrected chi connectivity index (χ4v) is 4.68. The van der Waals surface area contributed by atoms with Gasteiger partial charge < -0.3 is 9.13 Å². The van der Waals surface area contributed by atoms with Crippen LogP contribution in [-0.4, -0.2) is 9.13 Å². The van der Waals surface area contributed by atoms with Crippen LogP contribution in [0.4, 0.5) is 0 Å². The maximum absolute atomic E-state index is 3.56. The Kier molecular flexibility index (Phi) is 3.65. The molecule has 0 saturated carbocycles. The van der Waals surface area contributed by atoms with Gasteiger partial charge in [-0.2, -0.15) is 0 Å². The van der Waals surface area contributed by atoms with E-state index in [-0.39, 0.29) is 0 Å². The lowest BCUT2D eigenvalue weighted by Crippen LogP contribution is -1.96. The summed E-state index contributed by atoms with van der Waals surface area (Å²) in [4.78, 5) is 0. The molecule has 29 heavy (non-hydrogen) atoms. The molecule has 0 radical (unpaired) electrons. The normalized spacial score (nSPS) is 11.6. The van der Waals surface area contributed by atoms with E-state index < -0.39 is 0 Å². The first-order valence-corrected chi connectivity index (χ1v) is 10.4. The van der Waals surface area contributed by atoms with Crippen LogP contribution >= 0.6 is 15.9 Å². The Morgan fingerprint density at radius 3 is 1.86 bits per heavy atom. The highest BCUT2D eigenvalue weighted by Crippen LogP contribution is 2.32. The van der Waals surface area contributed by atoms with Crippen LogP contribution in [0.3, 0.4) is 0 Å². The number of hydrogen-bond acceptors (Lipinski definition) is 0. The molecule has 0 saturated heterocycles. The number of hydrogen-bond donors (Lipinski definition) is 0. The number of benzene rings is 4. The van der Waals surface area contributed by atoms with Gasteiger partial charge in [0.25, 0.3) is 0 Å². The lowest BCUT2D eigenvalue weighted by Gasteiger charge is -2.10. The Hall–Kier alpha value is -3.30. The van der Waals surface area contributed by atoms with Gasteiger partial charge >= 0.3 is 0 Å². The first-order valence-electron chi connectivity index (χ1n) is 9.65. The van der Waals surface area contributed by atoms with Crippen molar-refractivity contribution in [3.05, 3.63) is 108 Å². The van der Waals surface area contributed by atoms with Gasteiger partial charge in [0.15, 0.2) is 0 Å². The molecule has 0 unspecified atom stereocenters. The van der Waals surface area contributed by atoms with E-state index in [1.165, 1.54) is 38.4 Å². The van der Waals surface area contributed by atoms with Gasteiger partial charge in [-0.25, -0.2) is 0 Å². The second-order valence-electron chi connectivity index (χ2n) is 7.27. The Bertz CT molecular complexity index is 1450. The molecule has 6 aromatic rings. The highest BCUT2D eigenvalue weighted by atomic mass is 79.9. The largest absolute Gasteiger partial charge is 0.317 e. The average molecular weight is 437 g/mol. The van der Waals surface area contributed by atoms with Crippen molar-refractivity contribution in [3.8, 4) is 11.4 Å². The van der Waals surface area contributed by atoms with Gasteiger partial charge in [0.2, 0.25) is 0 Å². The van der Waals surface area contributed by atoms with Gasteiger partial charge in [0.1, 0.15) is 0 Å². The monoisotopic (exact) mass is 436 g/mol. The minimum absolute atomic E-state index is 1.10. The van der Waals surface area contributed by atoms with E-state index in [0.717, 1.165) is 10.2 Å². The lowest BCUT2D eigenvalue weighted by atomic mass is 10.2. The highest BCUT2D eigenvalue weighted by Gasteiger charge is 2.11. The lowest BCUT2D eigenvalue weighted by molar-refractivity contribution is 1.11. The van der Waals surface area contributed by atoms with Crippen LogP contribution in [0.5, 0.6) is 0 Å². The van der Waals surface area contributed by atoms with Gasteiger partial charge in [0, 0.05) is 38.2 Å². The highest BCUT2D eigenvalue weighted by molar-refractivity contribution is 9.10. The zero-order valence-corrected chi connectivity index (χ0v) is 17.2. The topological polar surface area (TPSA) is 9.86 Å². The van der Waals surface area contributed by atoms with E-state index >= 15 is 0 Å². The Labute approximate surface area is 176 Å². The molecule has 2 nitrogen and oxygen atoms in total. The number of aromatic nitrogens is 2. The molecular formula is C26H17BrN2. The van der Waals surface area contributed by atoms with E-state index in [4.69, 9.17) is 0 Å². The number of para-hydroxylation sites is 2. The van der Waals surface area contributed by atoms with Gasteiger partial charge in [-0.3, -0.25) is 0 Å². The second kappa shape index (κ2) is 6.36. The van der Waals surface area contributed by atoms with Gasteiger partial charge in [-0.15, -0.1) is 0 Å². The SMILES string of the molecule is Brc1ccc2c(ccn2-c2ccc(-n3c4ccccc4c4ccccc43)cc2)c1. The summed E-state index contributed by atoms with van der Waals surface area (Å²) < 4.78 is 5.68. The molecule has 0 bridgehead atoms. The molecule has 0 spiro atoms. The molecule has 0 fully saturated rings. The third kappa shape index (κ3) is 2.55. The fraction of sp³-hybridized carbons (Fsp3) is 0. The Balaban J connectivity index is 1.53. The number of fused-ring (bicyclic) bond motifs is 4. The van der Waals surface area contributed by atoms with Crippen molar-refractivity contribution in [3.63, 3.8) is 0 Å². The van der Waals surface area contributed by atoms with E-state index in [0.29, 0.717) is 0 Å². The quantitative estimate of drug-likeness (QED) is 0.266. The molecule has 3 heteroatoms. The first kappa shape index (κ1) is 16.6. The third-order valence-corrected chi connectivity index (χ3v) is 6.11. The summed E-state index contributed by atoms with van der Waals surface area (Å²) in [5.41, 5.74) is 6.01. The second-order valence-corrected chi connectivity index (χ2v) is 8.19. The van der Waals surface area contributed by atoms with Crippen LogP contribution in [0.25, 0.3) is 44.1 Å². The molecule has 2 heterocycles. The maximum atomic E-state index is 3.56. The fourth-order valence-electron chi connectivity index (χ4n) is 4.30. The smallest absolute Gasteiger partial charge is 0.0541 e. The number of rotatable bonds is 2. The molecule has 138 valence electrons. The predicted octanol–water partition coefficient (Wildman–Crippen LogP) is 7.49. The summed E-state index contributed by atoms with van der Waals surface area (Å²) in [6.45, 7) is 0. The Morgan fingerprint density at radius 1 is 0.552 bits per heavy atom. The molecule has 0 aliphatic rings. The maximum Gasteiger partial charge on any atom is 0.0541 e. The predicted molar refractivity (Wildman–Crippen MR) is 125 cm³/mol. The van der Waals surface area contributed by atoms with Crippen LogP contribution in [0.2, 0.25) is 0 Å². The van der Waals surface area contributed by atoms with Crippen molar-refractivity contribution in [2.45, 2.75) is 0 Å². The van der Waals surface area contributed by atoms with E-state index in [9.17, 15) is 0 Å².